The minimum Gasteiger partial charge on any atom is -0.367 e. The maximum absolute atomic E-state index is 5.98. The fraction of sp³-hybridized carbons (Fsp3) is 0.316. The van der Waals surface area contributed by atoms with Crippen molar-refractivity contribution in [3.8, 4) is 0 Å². The van der Waals surface area contributed by atoms with Crippen LogP contribution in [-0.2, 0) is 11.3 Å². The van der Waals surface area contributed by atoms with Gasteiger partial charge in [0.2, 0.25) is 0 Å². The second kappa shape index (κ2) is 6.10. The topological polar surface area (TPSA) is 26.5 Å². The van der Waals surface area contributed by atoms with Crippen molar-refractivity contribution in [3.63, 3.8) is 0 Å². The van der Waals surface area contributed by atoms with Gasteiger partial charge in [0.1, 0.15) is 0 Å². The van der Waals surface area contributed by atoms with E-state index in [-0.39, 0.29) is 6.10 Å². The first-order valence-corrected chi connectivity index (χ1v) is 8.83. The molecule has 1 aliphatic rings. The number of nitrogens with zero attached hydrogens (tertiary/aromatic N) is 2. The van der Waals surface area contributed by atoms with E-state index < -0.39 is 0 Å². The predicted molar refractivity (Wildman–Crippen MR) is 94.5 cm³/mol. The number of hydrogen-bond acceptors (Lipinski definition) is 2. The lowest BCUT2D eigenvalue weighted by Crippen LogP contribution is -2.00. The quantitative estimate of drug-likeness (QED) is 0.612. The van der Waals surface area contributed by atoms with Gasteiger partial charge in [-0.05, 0) is 58.8 Å². The van der Waals surface area contributed by atoms with Gasteiger partial charge >= 0.3 is 0 Å². The van der Waals surface area contributed by atoms with Crippen LogP contribution in [0, 0.1) is 0 Å². The summed E-state index contributed by atoms with van der Waals surface area (Å²) in [6, 6.07) is 12.4. The molecule has 0 spiro atoms. The number of hydrogen-bond donors (Lipinski definition) is 0. The standard InChI is InChI=1S/C19H19BrN2O/c1-13(23-12-14-5-3-2-4-6-14)18-11-22-10-16(15-7-8-15)9-17(20)19(22)21-18/h2-6,9-11,13,15H,7-8,12H2,1H3. The average molecular weight is 371 g/mol. The van der Waals surface area contributed by atoms with Gasteiger partial charge in [-0.2, -0.15) is 0 Å². The van der Waals surface area contributed by atoms with Crippen LogP contribution in [0.3, 0.4) is 0 Å². The second-order valence-corrected chi connectivity index (χ2v) is 7.09. The van der Waals surface area contributed by atoms with Crippen LogP contribution in [0.5, 0.6) is 0 Å². The molecule has 0 aliphatic heterocycles. The van der Waals surface area contributed by atoms with Crippen LogP contribution in [-0.4, -0.2) is 9.38 Å². The summed E-state index contributed by atoms with van der Waals surface area (Å²) in [5.41, 5.74) is 4.50. The van der Waals surface area contributed by atoms with Gasteiger partial charge in [0.05, 0.1) is 22.9 Å². The highest BCUT2D eigenvalue weighted by Crippen LogP contribution is 2.41. The molecule has 118 valence electrons. The van der Waals surface area contributed by atoms with Gasteiger partial charge in [-0.15, -0.1) is 0 Å². The molecule has 0 saturated heterocycles. The highest BCUT2D eigenvalue weighted by atomic mass is 79.9. The summed E-state index contributed by atoms with van der Waals surface area (Å²) in [6.07, 6.45) is 6.86. The van der Waals surface area contributed by atoms with Gasteiger partial charge in [-0.1, -0.05) is 30.3 Å². The van der Waals surface area contributed by atoms with Crippen molar-refractivity contribution in [2.45, 2.75) is 38.4 Å². The number of halogens is 1. The molecule has 1 atom stereocenters. The molecule has 0 bridgehead atoms. The van der Waals surface area contributed by atoms with Crippen LogP contribution in [0.25, 0.3) is 5.65 Å². The van der Waals surface area contributed by atoms with Gasteiger partial charge in [-0.3, -0.25) is 0 Å². The molecule has 4 rings (SSSR count). The van der Waals surface area contributed by atoms with Crippen LogP contribution >= 0.6 is 15.9 Å². The van der Waals surface area contributed by atoms with E-state index in [1.54, 1.807) is 0 Å². The van der Waals surface area contributed by atoms with E-state index in [0.29, 0.717) is 6.61 Å². The smallest absolute Gasteiger partial charge is 0.151 e. The molecule has 1 aliphatic carbocycles. The molecular weight excluding hydrogens is 352 g/mol. The Bertz CT molecular complexity index is 824. The maximum atomic E-state index is 5.98. The first-order valence-electron chi connectivity index (χ1n) is 8.04. The van der Waals surface area contributed by atoms with Gasteiger partial charge in [0, 0.05) is 12.4 Å². The third-order valence-electron chi connectivity index (χ3n) is 4.35. The van der Waals surface area contributed by atoms with E-state index >= 15 is 0 Å². The van der Waals surface area contributed by atoms with Crippen molar-refractivity contribution in [1.29, 1.82) is 0 Å². The van der Waals surface area contributed by atoms with Crippen molar-refractivity contribution in [1.82, 2.24) is 9.38 Å². The number of pyridine rings is 1. The number of imidazole rings is 1. The highest BCUT2D eigenvalue weighted by molar-refractivity contribution is 9.10. The Hall–Kier alpha value is -1.65. The molecule has 0 N–H and O–H groups in total. The second-order valence-electron chi connectivity index (χ2n) is 6.23. The molecule has 3 aromatic rings. The van der Waals surface area contributed by atoms with Crippen molar-refractivity contribution < 1.29 is 4.74 Å². The highest BCUT2D eigenvalue weighted by Gasteiger charge is 2.25. The van der Waals surface area contributed by atoms with Crippen molar-refractivity contribution >= 4 is 21.6 Å². The van der Waals surface area contributed by atoms with E-state index in [0.717, 1.165) is 21.7 Å². The Morgan fingerprint density at radius 3 is 2.78 bits per heavy atom. The molecular formula is C19H19BrN2O. The molecule has 1 fully saturated rings. The van der Waals surface area contributed by atoms with Gasteiger partial charge < -0.3 is 9.14 Å². The van der Waals surface area contributed by atoms with E-state index in [9.17, 15) is 0 Å². The molecule has 2 aromatic heterocycles. The Balaban J connectivity index is 1.55. The minimum absolute atomic E-state index is 0.0358. The number of benzene rings is 1. The fourth-order valence-corrected chi connectivity index (χ4v) is 3.37. The summed E-state index contributed by atoms with van der Waals surface area (Å²) in [6.45, 7) is 2.66. The zero-order valence-electron chi connectivity index (χ0n) is 13.1. The zero-order valence-corrected chi connectivity index (χ0v) is 14.7. The molecule has 0 radical (unpaired) electrons. The van der Waals surface area contributed by atoms with E-state index in [1.165, 1.54) is 24.0 Å². The molecule has 2 heterocycles. The number of ether oxygens (including phenoxy) is 1. The fourth-order valence-electron chi connectivity index (χ4n) is 2.81. The van der Waals surface area contributed by atoms with Crippen LogP contribution < -0.4 is 0 Å². The third kappa shape index (κ3) is 3.19. The number of rotatable bonds is 5. The van der Waals surface area contributed by atoms with Crippen molar-refractivity contribution in [2.24, 2.45) is 0 Å². The lowest BCUT2D eigenvalue weighted by molar-refractivity contribution is 0.0501. The Labute approximate surface area is 144 Å². The summed E-state index contributed by atoms with van der Waals surface area (Å²) in [5.74, 6) is 0.730. The minimum atomic E-state index is -0.0358. The lowest BCUT2D eigenvalue weighted by atomic mass is 10.2. The number of fused-ring (bicyclic) bond motifs is 1. The van der Waals surface area contributed by atoms with Crippen molar-refractivity contribution in [2.75, 3.05) is 0 Å². The summed E-state index contributed by atoms with van der Waals surface area (Å²) in [4.78, 5) is 4.74. The predicted octanol–water partition coefficient (Wildman–Crippen LogP) is 5.25. The molecule has 1 aromatic carbocycles. The zero-order chi connectivity index (χ0) is 15.8. The lowest BCUT2D eigenvalue weighted by Gasteiger charge is -2.10. The van der Waals surface area contributed by atoms with E-state index in [1.807, 2.05) is 18.2 Å². The average Bonchev–Trinajstić information content (AvgIpc) is 3.33. The SMILES string of the molecule is CC(OCc1ccccc1)c1cn2cc(C3CC3)cc(Br)c2n1. The van der Waals surface area contributed by atoms with Crippen LogP contribution in [0.2, 0.25) is 0 Å². The van der Waals surface area contributed by atoms with Gasteiger partial charge in [-0.25, -0.2) is 4.98 Å². The molecule has 3 nitrogen and oxygen atoms in total. The molecule has 0 amide bonds. The number of aromatic nitrogens is 2. The van der Waals surface area contributed by atoms with Gasteiger partial charge in [0.15, 0.2) is 5.65 Å². The van der Waals surface area contributed by atoms with Crippen molar-refractivity contribution in [3.05, 3.63) is 70.1 Å². The van der Waals surface area contributed by atoms with E-state index in [4.69, 9.17) is 9.72 Å². The first kappa shape index (κ1) is 14.9. The Kier molecular flexibility index (Phi) is 3.95. The Morgan fingerprint density at radius 1 is 1.26 bits per heavy atom. The monoisotopic (exact) mass is 370 g/mol. The summed E-state index contributed by atoms with van der Waals surface area (Å²) in [7, 11) is 0. The normalized spacial score (nSPS) is 15.9. The van der Waals surface area contributed by atoms with Crippen LogP contribution in [0.1, 0.15) is 48.6 Å². The molecule has 1 saturated carbocycles. The summed E-state index contributed by atoms with van der Waals surface area (Å²) in [5, 5.41) is 0. The molecule has 1 unspecified atom stereocenters. The van der Waals surface area contributed by atoms with Gasteiger partial charge in [0.25, 0.3) is 0 Å². The molecule has 4 heteroatoms. The largest absolute Gasteiger partial charge is 0.367 e. The summed E-state index contributed by atoms with van der Waals surface area (Å²) >= 11 is 3.66. The van der Waals surface area contributed by atoms with Crippen LogP contribution in [0.15, 0.2) is 53.3 Å². The van der Waals surface area contributed by atoms with E-state index in [2.05, 4.69) is 57.8 Å². The van der Waals surface area contributed by atoms with Crippen LogP contribution in [0.4, 0.5) is 0 Å². The first-order chi connectivity index (χ1) is 11.2. The third-order valence-corrected chi connectivity index (χ3v) is 4.94. The maximum Gasteiger partial charge on any atom is 0.151 e. The molecule has 23 heavy (non-hydrogen) atoms. The summed E-state index contributed by atoms with van der Waals surface area (Å²) < 4.78 is 9.16. The Morgan fingerprint density at radius 2 is 2.04 bits per heavy atom.